The first kappa shape index (κ1) is 21.3. The van der Waals surface area contributed by atoms with Gasteiger partial charge in [0.15, 0.2) is 15.5 Å². The summed E-state index contributed by atoms with van der Waals surface area (Å²) in [5.74, 6) is -1.52. The topological polar surface area (TPSA) is 94.6 Å². The van der Waals surface area contributed by atoms with E-state index in [0.717, 1.165) is 0 Å². The van der Waals surface area contributed by atoms with Crippen molar-refractivity contribution in [1.29, 1.82) is 0 Å². The molecule has 0 bridgehead atoms. The number of halogens is 2. The molecule has 4 aromatic rings. The molecule has 0 fully saturated rings. The van der Waals surface area contributed by atoms with Crippen molar-refractivity contribution in [2.24, 2.45) is 0 Å². The summed E-state index contributed by atoms with van der Waals surface area (Å²) in [6.45, 7) is 0. The van der Waals surface area contributed by atoms with Crippen LogP contribution in [0.25, 0.3) is 5.65 Å². The average Bonchev–Trinajstić information content (AvgIpc) is 3.07. The molecule has 0 saturated heterocycles. The Hall–Kier alpha value is -2.95. The third kappa shape index (κ3) is 4.41. The van der Waals surface area contributed by atoms with Gasteiger partial charge >= 0.3 is 5.82 Å². The van der Waals surface area contributed by atoms with Gasteiger partial charge in [-0.1, -0.05) is 41.6 Å². The number of sulfone groups is 1. The van der Waals surface area contributed by atoms with Crippen LogP contribution in [0.2, 0.25) is 5.02 Å². The summed E-state index contributed by atoms with van der Waals surface area (Å²) in [5.41, 5.74) is -0.0132. The van der Waals surface area contributed by atoms with Gasteiger partial charge in [-0.15, -0.1) is 0 Å². The molecule has 0 aliphatic heterocycles. The summed E-state index contributed by atoms with van der Waals surface area (Å²) in [7, 11) is -3.87. The second kappa shape index (κ2) is 8.29. The van der Waals surface area contributed by atoms with E-state index >= 15 is 0 Å². The first-order valence-corrected chi connectivity index (χ1v) is 11.7. The molecule has 0 aliphatic carbocycles. The molecular weight excluding hydrogens is 465 g/mol. The fourth-order valence-electron chi connectivity index (χ4n) is 3.00. The van der Waals surface area contributed by atoms with Crippen LogP contribution in [-0.4, -0.2) is 22.7 Å². The van der Waals surface area contributed by atoms with Crippen molar-refractivity contribution in [2.75, 3.05) is 0 Å². The molecule has 0 spiro atoms. The molecule has 2 aromatic carbocycles. The van der Waals surface area contributed by atoms with Gasteiger partial charge in [0, 0.05) is 4.90 Å². The van der Waals surface area contributed by atoms with Gasteiger partial charge in [0.25, 0.3) is 0 Å². The van der Waals surface area contributed by atoms with E-state index in [4.69, 9.17) is 11.6 Å². The van der Waals surface area contributed by atoms with E-state index in [9.17, 15) is 22.9 Å². The summed E-state index contributed by atoms with van der Waals surface area (Å²) < 4.78 is 40.0. The summed E-state index contributed by atoms with van der Waals surface area (Å²) in [4.78, 5) is 16.6. The Morgan fingerprint density at radius 1 is 1.13 bits per heavy atom. The highest BCUT2D eigenvalue weighted by molar-refractivity contribution is 7.99. The molecule has 0 amide bonds. The number of nitrogens with zero attached hydrogens (tertiary/aromatic N) is 3. The first-order chi connectivity index (χ1) is 14.7. The molecule has 11 heteroatoms. The van der Waals surface area contributed by atoms with Crippen LogP contribution in [0.4, 0.5) is 10.2 Å². The smallest absolute Gasteiger partial charge is 0.352 e. The minimum Gasteiger partial charge on any atom is -0.358 e. The lowest BCUT2D eigenvalue weighted by atomic mass is 10.4. The van der Waals surface area contributed by atoms with Crippen molar-refractivity contribution in [3.05, 3.63) is 93.5 Å². The molecule has 0 N–H and O–H groups in total. The maximum Gasteiger partial charge on any atom is 0.352 e. The van der Waals surface area contributed by atoms with Gasteiger partial charge in [-0.2, -0.15) is 4.40 Å². The molecule has 4 rings (SSSR count). The lowest BCUT2D eigenvalue weighted by Crippen LogP contribution is -2.07. The Kier molecular flexibility index (Phi) is 5.69. The van der Waals surface area contributed by atoms with Crippen molar-refractivity contribution in [3.63, 3.8) is 0 Å². The number of nitro groups is 1. The van der Waals surface area contributed by atoms with Gasteiger partial charge < -0.3 is 10.1 Å². The lowest BCUT2D eigenvalue weighted by Gasteiger charge is -2.03. The minimum absolute atomic E-state index is 0.0419. The highest BCUT2D eigenvalue weighted by Gasteiger charge is 2.29. The van der Waals surface area contributed by atoms with Crippen LogP contribution < -0.4 is 0 Å². The van der Waals surface area contributed by atoms with Gasteiger partial charge in [-0.25, -0.2) is 17.8 Å². The summed E-state index contributed by atoms with van der Waals surface area (Å²) in [6.07, 6.45) is 1.31. The number of imidazole rings is 1. The van der Waals surface area contributed by atoms with Gasteiger partial charge in [0.2, 0.25) is 5.65 Å². The number of hydrogen-bond acceptors (Lipinski definition) is 6. The summed E-state index contributed by atoms with van der Waals surface area (Å²) in [6, 6.07) is 14.9. The zero-order chi connectivity index (χ0) is 22.2. The number of benzene rings is 2. The van der Waals surface area contributed by atoms with E-state index in [0.29, 0.717) is 9.79 Å². The zero-order valence-electron chi connectivity index (χ0n) is 15.6. The fourth-order valence-corrected chi connectivity index (χ4v) is 5.51. The molecule has 0 atom stereocenters. The molecule has 158 valence electrons. The number of aromatic nitrogens is 2. The van der Waals surface area contributed by atoms with Crippen LogP contribution in [0, 0.1) is 15.9 Å². The van der Waals surface area contributed by atoms with E-state index < -0.39 is 32.1 Å². The predicted octanol–water partition coefficient (Wildman–Crippen LogP) is 5.16. The second-order valence-corrected chi connectivity index (χ2v) is 10.0. The average molecular weight is 478 g/mol. The predicted molar refractivity (Wildman–Crippen MR) is 115 cm³/mol. The molecule has 0 unspecified atom stereocenters. The molecule has 2 heterocycles. The fraction of sp³-hybridized carbons (Fsp3) is 0.0500. The Balaban J connectivity index is 1.84. The Bertz CT molecular complexity index is 1390. The van der Waals surface area contributed by atoms with E-state index in [2.05, 4.69) is 4.98 Å². The summed E-state index contributed by atoms with van der Waals surface area (Å²) in [5, 5.41) is 12.0. The van der Waals surface area contributed by atoms with Crippen molar-refractivity contribution in [1.82, 2.24) is 9.38 Å². The molecule has 0 saturated carbocycles. The molecule has 0 aliphatic rings. The van der Waals surface area contributed by atoms with E-state index in [1.165, 1.54) is 46.6 Å². The van der Waals surface area contributed by atoms with Crippen LogP contribution >= 0.6 is 23.4 Å². The lowest BCUT2D eigenvalue weighted by molar-refractivity contribution is -0.391. The minimum atomic E-state index is -3.87. The highest BCUT2D eigenvalue weighted by atomic mass is 35.5. The van der Waals surface area contributed by atoms with Crippen LogP contribution in [-0.2, 0) is 15.6 Å². The van der Waals surface area contributed by atoms with Gasteiger partial charge in [0.05, 0.1) is 14.8 Å². The number of pyridine rings is 1. The Morgan fingerprint density at radius 3 is 2.45 bits per heavy atom. The maximum absolute atomic E-state index is 13.2. The largest absolute Gasteiger partial charge is 0.358 e. The SMILES string of the molecule is O=[N+]([O-])c1c(CS(=O)(=O)c2ccccc2)nc2c(Sc3ccc(F)cc3)cc(Cl)cn12. The van der Waals surface area contributed by atoms with E-state index in [-0.39, 0.29) is 21.3 Å². The molecule has 7 nitrogen and oxygen atoms in total. The molecule has 2 aromatic heterocycles. The van der Waals surface area contributed by atoms with Crippen molar-refractivity contribution >= 4 is 44.7 Å². The summed E-state index contributed by atoms with van der Waals surface area (Å²) >= 11 is 7.35. The van der Waals surface area contributed by atoms with Crippen molar-refractivity contribution in [2.45, 2.75) is 20.4 Å². The standard InChI is InChI=1S/C20H13ClFN3O4S2/c21-13-10-18(30-15-8-6-14(22)7-9-15)19-23-17(20(25(26)27)24(19)11-13)12-31(28,29)16-4-2-1-3-5-16/h1-11H,12H2. The van der Waals surface area contributed by atoms with Gasteiger partial charge in [0.1, 0.15) is 17.8 Å². The van der Waals surface area contributed by atoms with Gasteiger partial charge in [-0.05, 0) is 47.4 Å². The van der Waals surface area contributed by atoms with Crippen LogP contribution in [0.15, 0.2) is 81.5 Å². The highest BCUT2D eigenvalue weighted by Crippen LogP contribution is 2.36. The van der Waals surface area contributed by atoms with Crippen molar-refractivity contribution < 1.29 is 17.7 Å². The second-order valence-electron chi connectivity index (χ2n) is 6.48. The van der Waals surface area contributed by atoms with Gasteiger partial charge in [-0.3, -0.25) is 0 Å². The number of hydrogen-bond donors (Lipinski definition) is 0. The van der Waals surface area contributed by atoms with Crippen molar-refractivity contribution in [3.8, 4) is 0 Å². The quantitative estimate of drug-likeness (QED) is 0.281. The first-order valence-electron chi connectivity index (χ1n) is 8.81. The van der Waals surface area contributed by atoms with E-state index in [1.807, 2.05) is 0 Å². The molecular formula is C20H13ClFN3O4S2. The monoisotopic (exact) mass is 477 g/mol. The Morgan fingerprint density at radius 2 is 1.81 bits per heavy atom. The molecule has 31 heavy (non-hydrogen) atoms. The zero-order valence-corrected chi connectivity index (χ0v) is 18.0. The third-order valence-electron chi connectivity index (χ3n) is 4.34. The Labute approximate surface area is 185 Å². The van der Waals surface area contributed by atoms with Crippen LogP contribution in [0.5, 0.6) is 0 Å². The molecule has 0 radical (unpaired) electrons. The third-order valence-corrected chi connectivity index (χ3v) is 7.22. The van der Waals surface area contributed by atoms with E-state index in [1.54, 1.807) is 36.4 Å². The van der Waals surface area contributed by atoms with Crippen LogP contribution in [0.3, 0.4) is 0 Å². The number of rotatable bonds is 6. The number of fused-ring (bicyclic) bond motifs is 1. The van der Waals surface area contributed by atoms with Crippen LogP contribution in [0.1, 0.15) is 5.69 Å². The normalized spacial score (nSPS) is 11.7. The maximum atomic E-state index is 13.2.